The van der Waals surface area contributed by atoms with Crippen molar-refractivity contribution >= 4 is 22.0 Å². The van der Waals surface area contributed by atoms with E-state index in [2.05, 4.69) is 40.0 Å². The summed E-state index contributed by atoms with van der Waals surface area (Å²) in [4.78, 5) is 2.65. The molecule has 0 aromatic heterocycles. The third-order valence-corrected chi connectivity index (χ3v) is 7.94. The molecule has 3 aromatic rings. The maximum absolute atomic E-state index is 12.8. The lowest BCUT2D eigenvalue weighted by Crippen LogP contribution is -2.49. The summed E-state index contributed by atoms with van der Waals surface area (Å²) >= 11 is 6.32. The van der Waals surface area contributed by atoms with Crippen LogP contribution in [0, 0.1) is 13.8 Å². The van der Waals surface area contributed by atoms with Crippen molar-refractivity contribution in [2.45, 2.75) is 44.2 Å². The number of hydrogen-bond donors (Lipinski definition) is 1. The van der Waals surface area contributed by atoms with Crippen molar-refractivity contribution in [1.82, 2.24) is 9.62 Å². The number of sulfonamides is 1. The van der Waals surface area contributed by atoms with Crippen LogP contribution >= 0.6 is 11.6 Å². The van der Waals surface area contributed by atoms with Gasteiger partial charge in [-0.3, -0.25) is 4.90 Å². The Morgan fingerprint density at radius 3 is 2.56 bits per heavy atom. The molecule has 32 heavy (non-hydrogen) atoms. The molecule has 168 valence electrons. The lowest BCUT2D eigenvalue weighted by molar-refractivity contribution is 0.193. The molecule has 1 aliphatic heterocycles. The Morgan fingerprint density at radius 2 is 1.81 bits per heavy atom. The Bertz CT molecular complexity index is 1130. The van der Waals surface area contributed by atoms with Crippen LogP contribution in [0.3, 0.4) is 0 Å². The molecule has 0 bridgehead atoms. The monoisotopic (exact) mass is 468 g/mol. The second-order valence-electron chi connectivity index (χ2n) is 8.67. The molecular weight excluding hydrogens is 440 g/mol. The first-order valence-electron chi connectivity index (χ1n) is 11.0. The highest BCUT2D eigenvalue weighted by molar-refractivity contribution is 7.95. The third-order valence-electron chi connectivity index (χ3n) is 6.00. The van der Waals surface area contributed by atoms with Gasteiger partial charge in [-0.1, -0.05) is 63.8 Å². The number of likely N-dealkylation sites (tertiary alicyclic amines) is 1. The van der Waals surface area contributed by atoms with E-state index in [4.69, 9.17) is 11.6 Å². The molecule has 1 N–H and O–H groups in total. The Labute approximate surface area is 197 Å². The maximum Gasteiger partial charge on any atom is 0.175 e. The fraction of sp³-hybridized carbons (Fsp3) is 0.308. The zero-order valence-corrected chi connectivity index (χ0v) is 20.1. The summed E-state index contributed by atoms with van der Waals surface area (Å²) in [6.45, 7) is 6.40. The minimum absolute atomic E-state index is 0.0888. The van der Waals surface area contributed by atoms with E-state index in [1.54, 1.807) is 12.1 Å². The lowest BCUT2D eigenvalue weighted by atomic mass is 10.0. The molecule has 2 unspecified atom stereocenters. The third kappa shape index (κ3) is 5.66. The molecular formula is C26H29ClN2O2S. The van der Waals surface area contributed by atoms with Gasteiger partial charge in [0.05, 0.1) is 6.04 Å². The first-order valence-corrected chi connectivity index (χ1v) is 12.8. The van der Waals surface area contributed by atoms with E-state index in [0.29, 0.717) is 11.4 Å². The van der Waals surface area contributed by atoms with E-state index in [1.165, 1.54) is 5.56 Å². The SMILES string of the molecule is Cc1ccc([S+](=O)([O-])NC2CCCN(Cc3cccc(-c4ccc(C)c(Cl)c4)c3)C2)cc1. The van der Waals surface area contributed by atoms with Gasteiger partial charge in [0.2, 0.25) is 0 Å². The van der Waals surface area contributed by atoms with Crippen molar-refractivity contribution in [2.24, 2.45) is 0 Å². The van der Waals surface area contributed by atoms with Gasteiger partial charge in [0, 0.05) is 18.1 Å². The van der Waals surface area contributed by atoms with Crippen LogP contribution in [0.25, 0.3) is 11.1 Å². The highest BCUT2D eigenvalue weighted by atomic mass is 35.5. The predicted molar refractivity (Wildman–Crippen MR) is 131 cm³/mol. The van der Waals surface area contributed by atoms with E-state index in [0.717, 1.165) is 53.2 Å². The molecule has 1 aliphatic rings. The number of piperidine rings is 1. The summed E-state index contributed by atoms with van der Waals surface area (Å²) in [5.74, 6) is 0. The summed E-state index contributed by atoms with van der Waals surface area (Å²) in [7, 11) is -3.51. The number of nitrogens with zero attached hydrogens (tertiary/aromatic N) is 1. The number of hydrogen-bond acceptors (Lipinski definition) is 3. The minimum atomic E-state index is -3.51. The molecule has 3 aromatic carbocycles. The van der Waals surface area contributed by atoms with E-state index >= 15 is 0 Å². The molecule has 0 radical (unpaired) electrons. The van der Waals surface area contributed by atoms with E-state index in [9.17, 15) is 8.76 Å². The van der Waals surface area contributed by atoms with Crippen LogP contribution in [-0.4, -0.2) is 28.6 Å². The highest BCUT2D eigenvalue weighted by Gasteiger charge is 2.28. The predicted octanol–water partition coefficient (Wildman–Crippen LogP) is 5.78. The van der Waals surface area contributed by atoms with Crippen molar-refractivity contribution in [1.29, 1.82) is 0 Å². The van der Waals surface area contributed by atoms with Gasteiger partial charge < -0.3 is 4.55 Å². The molecule has 4 nitrogen and oxygen atoms in total. The van der Waals surface area contributed by atoms with E-state index in [-0.39, 0.29) is 6.04 Å². The first-order chi connectivity index (χ1) is 15.3. The topological polar surface area (TPSA) is 55.4 Å². The average Bonchev–Trinajstić information content (AvgIpc) is 2.76. The van der Waals surface area contributed by atoms with Gasteiger partial charge in [0.1, 0.15) is 0 Å². The largest absolute Gasteiger partial charge is 0.593 e. The maximum atomic E-state index is 12.8. The Morgan fingerprint density at radius 1 is 1.06 bits per heavy atom. The quantitative estimate of drug-likeness (QED) is 0.466. The highest BCUT2D eigenvalue weighted by Crippen LogP contribution is 2.27. The van der Waals surface area contributed by atoms with E-state index < -0.39 is 10.4 Å². The molecule has 1 heterocycles. The second-order valence-corrected chi connectivity index (χ2v) is 10.8. The van der Waals surface area contributed by atoms with Gasteiger partial charge in [-0.25, -0.2) is 0 Å². The molecule has 0 spiro atoms. The molecule has 4 rings (SSSR count). The van der Waals surface area contributed by atoms with Crippen LogP contribution in [0.4, 0.5) is 0 Å². The summed E-state index contributed by atoms with van der Waals surface area (Å²) < 4.78 is 28.5. The van der Waals surface area contributed by atoms with Crippen LogP contribution in [0.1, 0.15) is 29.5 Å². The van der Waals surface area contributed by atoms with Gasteiger partial charge in [-0.15, -0.1) is 4.72 Å². The number of nitrogens with one attached hydrogen (secondary N) is 1. The Hall–Kier alpha value is -2.02. The van der Waals surface area contributed by atoms with Crippen molar-refractivity contribution in [3.05, 3.63) is 88.4 Å². The zero-order chi connectivity index (χ0) is 22.7. The lowest BCUT2D eigenvalue weighted by Gasteiger charge is -2.33. The van der Waals surface area contributed by atoms with Crippen LogP contribution in [0.15, 0.2) is 71.6 Å². The zero-order valence-electron chi connectivity index (χ0n) is 18.5. The average molecular weight is 469 g/mol. The molecule has 1 saturated heterocycles. The molecule has 0 saturated carbocycles. The number of rotatable bonds is 6. The fourth-order valence-electron chi connectivity index (χ4n) is 4.18. The van der Waals surface area contributed by atoms with Gasteiger partial charge in [-0.2, -0.15) is 0 Å². The molecule has 0 amide bonds. The normalized spacial score (nSPS) is 18.9. The van der Waals surface area contributed by atoms with E-state index in [1.807, 2.05) is 38.1 Å². The van der Waals surface area contributed by atoms with Gasteiger partial charge in [0.15, 0.2) is 15.3 Å². The standard InChI is InChI=1S/C26H29ClN2O2S/c1-19-8-12-25(13-9-19)32(30,31)28-24-7-4-14-29(18-24)17-21-5-3-6-22(15-21)23-11-10-20(2)26(27)16-23/h3,5-6,8-13,15-16,24H,4,7,14,17-18H2,1-2H3,(H-,28,30,31). The minimum Gasteiger partial charge on any atom is -0.593 e. The van der Waals surface area contributed by atoms with Crippen molar-refractivity contribution in [3.8, 4) is 11.1 Å². The van der Waals surface area contributed by atoms with Crippen LogP contribution in [-0.2, 0) is 21.2 Å². The Kier molecular flexibility index (Phi) is 7.13. The van der Waals surface area contributed by atoms with Crippen molar-refractivity contribution in [3.63, 3.8) is 0 Å². The number of halogens is 1. The van der Waals surface area contributed by atoms with Crippen LogP contribution in [0.2, 0.25) is 5.02 Å². The summed E-state index contributed by atoms with van der Waals surface area (Å²) in [6, 6.07) is 21.5. The summed E-state index contributed by atoms with van der Waals surface area (Å²) in [5, 5.41) is 0.771. The first kappa shape index (κ1) is 23.1. The van der Waals surface area contributed by atoms with Crippen LogP contribution in [0.5, 0.6) is 0 Å². The van der Waals surface area contributed by atoms with Gasteiger partial charge >= 0.3 is 0 Å². The molecule has 1 fully saturated rings. The van der Waals surface area contributed by atoms with Crippen molar-refractivity contribution < 1.29 is 8.76 Å². The smallest absolute Gasteiger partial charge is 0.175 e. The second kappa shape index (κ2) is 9.86. The Balaban J connectivity index is 1.42. The van der Waals surface area contributed by atoms with Gasteiger partial charge in [-0.05, 0) is 79.8 Å². The number of benzene rings is 3. The summed E-state index contributed by atoms with van der Waals surface area (Å²) in [5.41, 5.74) is 5.56. The van der Waals surface area contributed by atoms with Crippen molar-refractivity contribution in [2.75, 3.05) is 13.1 Å². The summed E-state index contributed by atoms with van der Waals surface area (Å²) in [6.07, 6.45) is 1.82. The molecule has 0 aliphatic carbocycles. The number of aryl methyl sites for hydroxylation is 2. The van der Waals surface area contributed by atoms with Crippen LogP contribution < -0.4 is 4.72 Å². The molecule has 6 heteroatoms. The fourth-order valence-corrected chi connectivity index (χ4v) is 5.62. The van der Waals surface area contributed by atoms with Gasteiger partial charge in [0.25, 0.3) is 0 Å². The molecule has 2 atom stereocenters.